The monoisotopic (exact) mass is 520 g/mol. The molecule has 2 saturated heterocycles. The van der Waals surface area contributed by atoms with E-state index in [9.17, 15) is 9.90 Å². The summed E-state index contributed by atoms with van der Waals surface area (Å²) < 4.78 is 19.7. The molecule has 1 N–H and O–H groups in total. The number of hydrogen-bond donors (Lipinski definition) is 1. The largest absolute Gasteiger partial charge is 0.461 e. The van der Waals surface area contributed by atoms with Crippen molar-refractivity contribution in [1.82, 2.24) is 0 Å². The molecule has 2 heterocycles. The summed E-state index contributed by atoms with van der Waals surface area (Å²) in [6, 6.07) is 0. The van der Waals surface area contributed by atoms with Crippen molar-refractivity contribution in [2.45, 2.75) is 115 Å². The Kier molecular flexibility index (Phi) is 6.19. The Balaban J connectivity index is 1.38. The van der Waals surface area contributed by atoms with Crippen LogP contribution < -0.4 is 0 Å². The second-order valence-corrected chi connectivity index (χ2v) is 14.2. The van der Waals surface area contributed by atoms with E-state index in [1.54, 1.807) is 0 Å². The zero-order chi connectivity index (χ0) is 25.6. The molecule has 2 aliphatic heterocycles. The number of carbonyl (C=O) groups excluding carboxylic acids is 1. The molecule has 4 aliphatic carbocycles. The highest BCUT2D eigenvalue weighted by Crippen LogP contribution is 2.70. The van der Waals surface area contributed by atoms with Gasteiger partial charge in [0.05, 0.1) is 24.2 Å². The van der Waals surface area contributed by atoms with Crippen molar-refractivity contribution in [2.75, 3.05) is 6.61 Å². The third-order valence-electron chi connectivity index (χ3n) is 11.9. The molecule has 0 aromatic carbocycles. The van der Waals surface area contributed by atoms with Crippen LogP contribution in [-0.4, -0.2) is 47.2 Å². The average Bonchev–Trinajstić information content (AvgIpc) is 3.28. The number of carbonyl (C=O) groups is 1. The number of ether oxygens (including phenoxy) is 3. The molecule has 5 fully saturated rings. The fourth-order valence-electron chi connectivity index (χ4n) is 9.85. The van der Waals surface area contributed by atoms with Crippen LogP contribution in [0, 0.1) is 46.3 Å². The predicted octanol–water partition coefficient (Wildman–Crippen LogP) is 5.86. The molecule has 36 heavy (non-hydrogen) atoms. The lowest BCUT2D eigenvalue weighted by molar-refractivity contribution is -0.265. The van der Waals surface area contributed by atoms with Crippen molar-refractivity contribution in [1.29, 1.82) is 0 Å². The lowest BCUT2D eigenvalue weighted by atomic mass is 9.44. The summed E-state index contributed by atoms with van der Waals surface area (Å²) in [5.41, 5.74) is 1.26. The number of alkyl halides is 1. The molecule has 6 rings (SSSR count). The van der Waals surface area contributed by atoms with Gasteiger partial charge in [-0.2, -0.15) is 0 Å². The van der Waals surface area contributed by atoms with Crippen LogP contribution in [0.4, 0.5) is 0 Å². The molecule has 3 saturated carbocycles. The van der Waals surface area contributed by atoms with Gasteiger partial charge in [0.15, 0.2) is 5.79 Å². The number of fused-ring (bicyclic) bond motifs is 7. The first kappa shape index (κ1) is 25.6. The first-order valence-electron chi connectivity index (χ1n) is 14.6. The minimum absolute atomic E-state index is 0.00877. The molecular weight excluding hydrogens is 476 g/mol. The fraction of sp³-hybridized carbons (Fsp3) is 0.900. The Labute approximate surface area is 221 Å². The minimum atomic E-state index is -0.516. The molecule has 6 aliphatic rings. The lowest BCUT2D eigenvalue weighted by Crippen LogP contribution is -2.59. The first-order chi connectivity index (χ1) is 17.0. The van der Waals surface area contributed by atoms with Crippen molar-refractivity contribution in [3.05, 3.63) is 11.6 Å². The smallest absolute Gasteiger partial charge is 0.305 e. The lowest BCUT2D eigenvalue weighted by Gasteiger charge is -2.61. The molecular formula is C30H45ClO5. The van der Waals surface area contributed by atoms with Crippen LogP contribution >= 0.6 is 11.6 Å². The standard InChI is InChI=1S/C30H45ClO5/c1-6-26(33)35-25-13-20-19(8-7-18-11-23(32)22(31)14-28(18,20)4)21-12-24-27(29(21,25)5)17(3)30(36-24)10-9-16(2)15-34-30/h12,16-20,22-25,27,32H,6-11,13-15H2,1-5H3/t16-,17-,18-,19+,20-,22-,23-,24-,25-,27-,28-,29+,30+/m0/s1. The molecule has 1 spiro atoms. The summed E-state index contributed by atoms with van der Waals surface area (Å²) in [6.07, 6.45) is 9.04. The normalized spacial score (nSPS) is 55.8. The zero-order valence-electron chi connectivity index (χ0n) is 22.7. The van der Waals surface area contributed by atoms with E-state index in [2.05, 4.69) is 33.8 Å². The van der Waals surface area contributed by atoms with Crippen LogP contribution in [0.25, 0.3) is 0 Å². The van der Waals surface area contributed by atoms with Gasteiger partial charge in [0.1, 0.15) is 6.10 Å². The van der Waals surface area contributed by atoms with E-state index in [0.717, 1.165) is 51.6 Å². The molecule has 0 bridgehead atoms. The molecule has 202 valence electrons. The van der Waals surface area contributed by atoms with Crippen LogP contribution in [0.3, 0.4) is 0 Å². The number of aliphatic hydroxyl groups excluding tert-OH is 1. The number of rotatable bonds is 2. The van der Waals surface area contributed by atoms with Gasteiger partial charge in [0, 0.05) is 30.1 Å². The van der Waals surface area contributed by atoms with Crippen LogP contribution in [0.1, 0.15) is 86.0 Å². The summed E-state index contributed by atoms with van der Waals surface area (Å²) in [5, 5.41) is 10.3. The van der Waals surface area contributed by atoms with Crippen molar-refractivity contribution in [3.63, 3.8) is 0 Å². The number of aliphatic hydroxyl groups is 1. The van der Waals surface area contributed by atoms with E-state index in [0.29, 0.717) is 30.1 Å². The molecule has 6 heteroatoms. The Morgan fingerprint density at radius 2 is 2.00 bits per heavy atom. The summed E-state index contributed by atoms with van der Waals surface area (Å²) in [6.45, 7) is 12.0. The van der Waals surface area contributed by atoms with E-state index in [1.165, 1.54) is 5.57 Å². The molecule has 0 unspecified atom stereocenters. The third kappa shape index (κ3) is 3.47. The van der Waals surface area contributed by atoms with E-state index in [4.69, 9.17) is 25.8 Å². The zero-order valence-corrected chi connectivity index (χ0v) is 23.4. The van der Waals surface area contributed by atoms with Gasteiger partial charge in [0.25, 0.3) is 0 Å². The second-order valence-electron chi connectivity index (χ2n) is 13.7. The molecule has 5 nitrogen and oxygen atoms in total. The van der Waals surface area contributed by atoms with Crippen LogP contribution in [0.5, 0.6) is 0 Å². The van der Waals surface area contributed by atoms with Crippen LogP contribution in [0.2, 0.25) is 0 Å². The first-order valence-corrected chi connectivity index (χ1v) is 15.0. The molecule has 13 atom stereocenters. The van der Waals surface area contributed by atoms with Crippen LogP contribution in [0.15, 0.2) is 11.6 Å². The highest BCUT2D eigenvalue weighted by Gasteiger charge is 2.69. The van der Waals surface area contributed by atoms with Gasteiger partial charge in [-0.25, -0.2) is 0 Å². The maximum absolute atomic E-state index is 12.8. The summed E-state index contributed by atoms with van der Waals surface area (Å²) >= 11 is 6.70. The Morgan fingerprint density at radius 3 is 2.69 bits per heavy atom. The number of halogens is 1. The Bertz CT molecular complexity index is 926. The van der Waals surface area contributed by atoms with Crippen molar-refractivity contribution < 1.29 is 24.1 Å². The van der Waals surface area contributed by atoms with E-state index in [1.807, 2.05) is 6.92 Å². The number of esters is 1. The molecule has 0 aromatic heterocycles. The van der Waals surface area contributed by atoms with Gasteiger partial charge < -0.3 is 19.3 Å². The summed E-state index contributed by atoms with van der Waals surface area (Å²) in [5.74, 6) is 1.74. The molecule has 0 aromatic rings. The highest BCUT2D eigenvalue weighted by atomic mass is 35.5. The summed E-state index contributed by atoms with van der Waals surface area (Å²) in [7, 11) is 0. The second kappa shape index (κ2) is 8.69. The predicted molar refractivity (Wildman–Crippen MR) is 138 cm³/mol. The Morgan fingerprint density at radius 1 is 1.22 bits per heavy atom. The molecule has 0 amide bonds. The quantitative estimate of drug-likeness (QED) is 0.280. The average molecular weight is 521 g/mol. The topological polar surface area (TPSA) is 65.0 Å². The fourth-order valence-corrected chi connectivity index (χ4v) is 10.3. The maximum atomic E-state index is 12.8. The highest BCUT2D eigenvalue weighted by molar-refractivity contribution is 6.21. The van der Waals surface area contributed by atoms with E-state index < -0.39 is 11.9 Å². The van der Waals surface area contributed by atoms with Crippen LogP contribution in [-0.2, 0) is 19.0 Å². The number of hydrogen-bond acceptors (Lipinski definition) is 5. The van der Waals surface area contributed by atoms with Crippen molar-refractivity contribution >= 4 is 17.6 Å². The van der Waals surface area contributed by atoms with E-state index >= 15 is 0 Å². The third-order valence-corrected chi connectivity index (χ3v) is 12.4. The van der Waals surface area contributed by atoms with Gasteiger partial charge in [-0.15, -0.1) is 11.6 Å². The maximum Gasteiger partial charge on any atom is 0.305 e. The SMILES string of the molecule is CCC(=O)O[C@H]1C[C@H]2[C@@H](CC[C@H]3C[C@H](O)[C@@H](Cl)C[C@@]32C)C2=C[C@@H]3O[C@]4(CC[C@H](C)CO4)[C@@H](C)[C@@H]3[C@]21C. The van der Waals surface area contributed by atoms with Gasteiger partial charge in [-0.05, 0) is 67.6 Å². The minimum Gasteiger partial charge on any atom is -0.461 e. The molecule has 0 radical (unpaired) electrons. The van der Waals surface area contributed by atoms with Gasteiger partial charge in [0.2, 0.25) is 0 Å². The van der Waals surface area contributed by atoms with Crippen molar-refractivity contribution in [3.8, 4) is 0 Å². The Hall–Kier alpha value is -0.620. The van der Waals surface area contributed by atoms with Crippen molar-refractivity contribution in [2.24, 2.45) is 46.3 Å². The van der Waals surface area contributed by atoms with Gasteiger partial charge in [-0.1, -0.05) is 46.3 Å². The summed E-state index contributed by atoms with van der Waals surface area (Å²) in [4.78, 5) is 12.8. The van der Waals surface area contributed by atoms with Gasteiger partial charge in [-0.3, -0.25) is 4.79 Å². The van der Waals surface area contributed by atoms with Gasteiger partial charge >= 0.3 is 5.97 Å². The van der Waals surface area contributed by atoms with E-state index in [-0.39, 0.29) is 46.2 Å².